The maximum absolute atomic E-state index is 12.4. The third kappa shape index (κ3) is 3.65. The van der Waals surface area contributed by atoms with Gasteiger partial charge in [-0.25, -0.2) is 4.79 Å². The SMILES string of the molecule is O=c1oc2ccccc2cc1-c1cccc(N=Cc2cccc(Cl)c2Cl)c1. The van der Waals surface area contributed by atoms with Crippen molar-refractivity contribution in [3.63, 3.8) is 0 Å². The van der Waals surface area contributed by atoms with Gasteiger partial charge in [-0.1, -0.05) is 65.7 Å². The number of fused-ring (bicyclic) bond motifs is 1. The van der Waals surface area contributed by atoms with E-state index in [4.69, 9.17) is 27.6 Å². The van der Waals surface area contributed by atoms with Crippen molar-refractivity contribution in [2.24, 2.45) is 4.99 Å². The Labute approximate surface area is 165 Å². The van der Waals surface area contributed by atoms with Crippen molar-refractivity contribution in [1.82, 2.24) is 0 Å². The molecule has 4 rings (SSSR count). The van der Waals surface area contributed by atoms with E-state index in [9.17, 15) is 4.79 Å². The minimum atomic E-state index is -0.382. The fourth-order valence-electron chi connectivity index (χ4n) is 2.78. The van der Waals surface area contributed by atoms with Gasteiger partial charge in [0.1, 0.15) is 5.58 Å². The van der Waals surface area contributed by atoms with E-state index in [0.717, 1.165) is 16.5 Å². The van der Waals surface area contributed by atoms with Gasteiger partial charge in [0.2, 0.25) is 0 Å². The Balaban J connectivity index is 1.73. The first-order valence-electron chi connectivity index (χ1n) is 8.23. The van der Waals surface area contributed by atoms with Gasteiger partial charge in [-0.15, -0.1) is 0 Å². The predicted molar refractivity (Wildman–Crippen MR) is 112 cm³/mol. The molecule has 1 aromatic heterocycles. The summed E-state index contributed by atoms with van der Waals surface area (Å²) in [5.74, 6) is 0. The molecule has 0 aliphatic heterocycles. The number of nitrogens with zero attached hydrogens (tertiary/aromatic N) is 1. The molecule has 0 radical (unpaired) electrons. The number of hydrogen-bond acceptors (Lipinski definition) is 3. The molecular formula is C22H13Cl2NO2. The van der Waals surface area contributed by atoms with Gasteiger partial charge in [0.05, 0.1) is 21.3 Å². The van der Waals surface area contributed by atoms with Crippen LogP contribution in [0, 0.1) is 0 Å². The lowest BCUT2D eigenvalue weighted by molar-refractivity contribution is 0.563. The van der Waals surface area contributed by atoms with Crippen LogP contribution in [-0.4, -0.2) is 6.21 Å². The first-order chi connectivity index (χ1) is 13.1. The van der Waals surface area contributed by atoms with Crippen LogP contribution in [0.15, 0.2) is 87.0 Å². The highest BCUT2D eigenvalue weighted by atomic mass is 35.5. The first kappa shape index (κ1) is 17.5. The normalized spacial score (nSPS) is 11.3. The molecule has 1 heterocycles. The Hall–Kier alpha value is -2.88. The minimum Gasteiger partial charge on any atom is -0.422 e. The summed E-state index contributed by atoms with van der Waals surface area (Å²) in [6.45, 7) is 0. The molecule has 3 aromatic carbocycles. The van der Waals surface area contributed by atoms with Gasteiger partial charge in [-0.3, -0.25) is 4.99 Å². The van der Waals surface area contributed by atoms with E-state index in [1.165, 1.54) is 0 Å². The number of rotatable bonds is 3. The van der Waals surface area contributed by atoms with E-state index in [1.807, 2.05) is 60.7 Å². The van der Waals surface area contributed by atoms with Crippen LogP contribution in [0.2, 0.25) is 10.0 Å². The summed E-state index contributed by atoms with van der Waals surface area (Å²) in [6.07, 6.45) is 1.65. The van der Waals surface area contributed by atoms with Crippen molar-refractivity contribution in [3.05, 3.63) is 98.8 Å². The number of aliphatic imine (C=N–C) groups is 1. The standard InChI is InChI=1S/C22H13Cl2NO2/c23-19-9-4-7-16(21(19)24)13-25-17-8-3-6-14(11-17)18-12-15-5-1-2-10-20(15)27-22(18)26/h1-13H. The van der Waals surface area contributed by atoms with Gasteiger partial charge < -0.3 is 4.42 Å². The zero-order chi connectivity index (χ0) is 18.8. The lowest BCUT2D eigenvalue weighted by Crippen LogP contribution is -2.02. The number of para-hydroxylation sites is 1. The fourth-order valence-corrected chi connectivity index (χ4v) is 3.14. The number of benzene rings is 3. The third-order valence-corrected chi connectivity index (χ3v) is 4.97. The molecule has 0 amide bonds. The molecule has 0 saturated carbocycles. The number of halogens is 2. The van der Waals surface area contributed by atoms with E-state index in [0.29, 0.717) is 26.9 Å². The Morgan fingerprint density at radius 2 is 1.70 bits per heavy atom. The molecule has 0 spiro atoms. The highest BCUT2D eigenvalue weighted by molar-refractivity contribution is 6.43. The van der Waals surface area contributed by atoms with Crippen LogP contribution in [0.5, 0.6) is 0 Å². The van der Waals surface area contributed by atoms with E-state index >= 15 is 0 Å². The summed E-state index contributed by atoms with van der Waals surface area (Å²) in [7, 11) is 0. The van der Waals surface area contributed by atoms with Crippen LogP contribution in [0.1, 0.15) is 5.56 Å². The van der Waals surface area contributed by atoms with Crippen LogP contribution in [0.4, 0.5) is 5.69 Å². The summed E-state index contributed by atoms with van der Waals surface area (Å²) < 4.78 is 5.42. The van der Waals surface area contributed by atoms with Gasteiger partial charge in [-0.2, -0.15) is 0 Å². The van der Waals surface area contributed by atoms with Crippen LogP contribution in [-0.2, 0) is 0 Å². The molecule has 0 aliphatic rings. The molecule has 27 heavy (non-hydrogen) atoms. The first-order valence-corrected chi connectivity index (χ1v) is 8.99. The summed E-state index contributed by atoms with van der Waals surface area (Å²) in [5, 5.41) is 1.80. The lowest BCUT2D eigenvalue weighted by atomic mass is 10.1. The Bertz CT molecular complexity index is 1230. The van der Waals surface area contributed by atoms with Gasteiger partial charge in [-0.05, 0) is 35.9 Å². The molecule has 5 heteroatoms. The topological polar surface area (TPSA) is 42.6 Å². The molecule has 0 aliphatic carbocycles. The van der Waals surface area contributed by atoms with Gasteiger partial charge >= 0.3 is 5.63 Å². The Morgan fingerprint density at radius 3 is 2.59 bits per heavy atom. The van der Waals surface area contributed by atoms with E-state index < -0.39 is 0 Å². The summed E-state index contributed by atoms with van der Waals surface area (Å²) in [4.78, 5) is 16.8. The minimum absolute atomic E-state index is 0.382. The van der Waals surface area contributed by atoms with Crippen molar-refractivity contribution in [1.29, 1.82) is 0 Å². The van der Waals surface area contributed by atoms with Crippen molar-refractivity contribution in [3.8, 4) is 11.1 Å². The largest absolute Gasteiger partial charge is 0.422 e. The van der Waals surface area contributed by atoms with Crippen LogP contribution < -0.4 is 5.63 Å². The zero-order valence-corrected chi connectivity index (χ0v) is 15.5. The lowest BCUT2D eigenvalue weighted by Gasteiger charge is -2.04. The molecule has 0 N–H and O–H groups in total. The van der Waals surface area contributed by atoms with E-state index in [1.54, 1.807) is 18.3 Å². The van der Waals surface area contributed by atoms with Crippen LogP contribution in [0.3, 0.4) is 0 Å². The summed E-state index contributed by atoms with van der Waals surface area (Å²) in [6, 6.07) is 22.0. The molecule has 132 valence electrons. The maximum atomic E-state index is 12.4. The summed E-state index contributed by atoms with van der Waals surface area (Å²) >= 11 is 12.2. The average Bonchev–Trinajstić information content (AvgIpc) is 2.69. The smallest absolute Gasteiger partial charge is 0.344 e. The van der Waals surface area contributed by atoms with E-state index in [-0.39, 0.29) is 5.63 Å². The highest BCUT2D eigenvalue weighted by Crippen LogP contribution is 2.27. The van der Waals surface area contributed by atoms with E-state index in [2.05, 4.69) is 4.99 Å². The van der Waals surface area contributed by atoms with Gasteiger partial charge in [0.15, 0.2) is 0 Å². The zero-order valence-electron chi connectivity index (χ0n) is 14.0. The van der Waals surface area contributed by atoms with Crippen molar-refractivity contribution < 1.29 is 4.42 Å². The fraction of sp³-hybridized carbons (Fsp3) is 0. The second-order valence-corrected chi connectivity index (χ2v) is 6.72. The predicted octanol–water partition coefficient (Wildman–Crippen LogP) is 6.52. The Morgan fingerprint density at radius 1 is 0.889 bits per heavy atom. The van der Waals surface area contributed by atoms with Crippen molar-refractivity contribution in [2.75, 3.05) is 0 Å². The monoisotopic (exact) mass is 393 g/mol. The van der Waals surface area contributed by atoms with Gasteiger partial charge in [0, 0.05) is 17.2 Å². The number of hydrogen-bond donors (Lipinski definition) is 0. The van der Waals surface area contributed by atoms with Crippen LogP contribution in [0.25, 0.3) is 22.1 Å². The molecule has 0 unspecified atom stereocenters. The summed E-state index contributed by atoms with van der Waals surface area (Å²) in [5.41, 5.74) is 2.83. The van der Waals surface area contributed by atoms with Gasteiger partial charge in [0.25, 0.3) is 0 Å². The second kappa shape index (κ2) is 7.39. The maximum Gasteiger partial charge on any atom is 0.344 e. The molecule has 0 fully saturated rings. The average molecular weight is 394 g/mol. The molecule has 0 bridgehead atoms. The molecule has 0 atom stereocenters. The van der Waals surface area contributed by atoms with Crippen molar-refractivity contribution >= 4 is 46.1 Å². The van der Waals surface area contributed by atoms with Crippen LogP contribution >= 0.6 is 23.2 Å². The Kier molecular flexibility index (Phi) is 4.80. The molecular weight excluding hydrogens is 381 g/mol. The van der Waals surface area contributed by atoms with Crippen molar-refractivity contribution in [2.45, 2.75) is 0 Å². The molecule has 3 nitrogen and oxygen atoms in total. The quantitative estimate of drug-likeness (QED) is 0.293. The third-order valence-electron chi connectivity index (χ3n) is 4.13. The molecule has 4 aromatic rings. The second-order valence-electron chi connectivity index (χ2n) is 5.94. The molecule has 0 saturated heterocycles. The highest BCUT2D eigenvalue weighted by Gasteiger charge is 2.08.